The first-order valence-electron chi connectivity index (χ1n) is 7.26. The maximum absolute atomic E-state index is 12.2. The lowest BCUT2D eigenvalue weighted by Gasteiger charge is -2.22. The van der Waals surface area contributed by atoms with Crippen molar-refractivity contribution >= 4 is 29.3 Å². The van der Waals surface area contributed by atoms with Gasteiger partial charge in [-0.25, -0.2) is 4.79 Å². The van der Waals surface area contributed by atoms with Gasteiger partial charge in [0.05, 0.1) is 0 Å². The summed E-state index contributed by atoms with van der Waals surface area (Å²) in [5.41, 5.74) is -0.0269. The first kappa shape index (κ1) is 16.5. The van der Waals surface area contributed by atoms with Gasteiger partial charge in [0, 0.05) is 11.9 Å². The summed E-state index contributed by atoms with van der Waals surface area (Å²) in [6.07, 6.45) is 2.22. The monoisotopic (exact) mass is 322 g/mol. The van der Waals surface area contributed by atoms with Gasteiger partial charge in [-0.2, -0.15) is 0 Å². The summed E-state index contributed by atoms with van der Waals surface area (Å²) in [5.74, 6) is 0.0651. The number of piperidine rings is 1. The first-order valence-corrected chi connectivity index (χ1v) is 7.26. The van der Waals surface area contributed by atoms with Gasteiger partial charge in [0.15, 0.2) is 0 Å². The Morgan fingerprint density at radius 2 is 2.18 bits per heavy atom. The van der Waals surface area contributed by atoms with Crippen molar-refractivity contribution in [3.63, 3.8) is 0 Å². The van der Waals surface area contributed by atoms with Crippen LogP contribution in [0, 0.1) is 5.92 Å². The minimum absolute atomic E-state index is 0. The van der Waals surface area contributed by atoms with Crippen molar-refractivity contribution in [3.8, 4) is 0 Å². The molecule has 1 aliphatic heterocycles. The second-order valence-electron chi connectivity index (χ2n) is 5.41. The highest BCUT2D eigenvalue weighted by molar-refractivity contribution is 5.96. The molecule has 1 fully saturated rings. The number of amides is 1. The summed E-state index contributed by atoms with van der Waals surface area (Å²) in [5, 5.41) is 6.89. The van der Waals surface area contributed by atoms with Gasteiger partial charge in [-0.3, -0.25) is 4.79 Å². The van der Waals surface area contributed by atoms with Gasteiger partial charge in [0.25, 0.3) is 5.91 Å². The average Bonchev–Trinajstić information content (AvgIpc) is 2.53. The Bertz CT molecular complexity index is 708. The number of hydrogen-bond acceptors (Lipinski definition) is 4. The van der Waals surface area contributed by atoms with E-state index in [0.717, 1.165) is 31.3 Å². The molecule has 1 atom stereocenters. The van der Waals surface area contributed by atoms with Gasteiger partial charge in [0.2, 0.25) is 0 Å². The van der Waals surface area contributed by atoms with Crippen molar-refractivity contribution in [3.05, 3.63) is 46.3 Å². The summed E-state index contributed by atoms with van der Waals surface area (Å²) in [6, 6.07) is 8.76. The summed E-state index contributed by atoms with van der Waals surface area (Å²) >= 11 is 0. The van der Waals surface area contributed by atoms with Crippen molar-refractivity contribution in [2.45, 2.75) is 12.8 Å². The molecule has 6 heteroatoms. The van der Waals surface area contributed by atoms with Crippen molar-refractivity contribution in [1.82, 2.24) is 10.6 Å². The van der Waals surface area contributed by atoms with E-state index in [1.54, 1.807) is 18.2 Å². The molecule has 1 amide bonds. The maximum atomic E-state index is 12.2. The lowest BCUT2D eigenvalue weighted by molar-refractivity contribution is 0.0941. The number of hydrogen-bond donors (Lipinski definition) is 2. The van der Waals surface area contributed by atoms with Crippen molar-refractivity contribution < 1.29 is 9.21 Å². The Kier molecular flexibility index (Phi) is 5.57. The van der Waals surface area contributed by atoms with Crippen molar-refractivity contribution in [1.29, 1.82) is 0 Å². The third kappa shape index (κ3) is 3.67. The SMILES string of the molecule is Cl.O=C(NCC1CCCNC1)c1cc2ccccc2oc1=O. The predicted octanol–water partition coefficient (Wildman–Crippen LogP) is 1.94. The Labute approximate surface area is 134 Å². The highest BCUT2D eigenvalue weighted by Crippen LogP contribution is 2.13. The molecule has 2 heterocycles. The normalized spacial score (nSPS) is 17.7. The van der Waals surface area contributed by atoms with E-state index in [1.807, 2.05) is 12.1 Å². The number of fused-ring (bicyclic) bond motifs is 1. The summed E-state index contributed by atoms with van der Waals surface area (Å²) < 4.78 is 5.18. The van der Waals surface area contributed by atoms with Crippen LogP contribution in [0.1, 0.15) is 23.2 Å². The Morgan fingerprint density at radius 3 is 2.95 bits per heavy atom. The molecule has 22 heavy (non-hydrogen) atoms. The molecule has 0 bridgehead atoms. The zero-order valence-electron chi connectivity index (χ0n) is 12.1. The fraction of sp³-hybridized carbons (Fsp3) is 0.375. The Hall–Kier alpha value is -1.85. The zero-order chi connectivity index (χ0) is 14.7. The van der Waals surface area contributed by atoms with Crippen LogP contribution >= 0.6 is 12.4 Å². The molecule has 1 aromatic heterocycles. The molecule has 2 N–H and O–H groups in total. The molecule has 1 aromatic carbocycles. The molecule has 1 saturated heterocycles. The van der Waals surface area contributed by atoms with E-state index < -0.39 is 5.63 Å². The number of nitrogens with one attached hydrogen (secondary N) is 2. The average molecular weight is 323 g/mol. The number of carbonyl (C=O) groups is 1. The third-order valence-electron chi connectivity index (χ3n) is 3.84. The molecule has 0 spiro atoms. The Morgan fingerprint density at radius 1 is 1.36 bits per heavy atom. The largest absolute Gasteiger partial charge is 0.422 e. The van der Waals surface area contributed by atoms with Crippen LogP contribution in [0.3, 0.4) is 0 Å². The molecule has 0 radical (unpaired) electrons. The van der Waals surface area contributed by atoms with E-state index in [1.165, 1.54) is 0 Å². The quantitative estimate of drug-likeness (QED) is 0.847. The molecule has 5 nitrogen and oxygen atoms in total. The number of rotatable bonds is 3. The number of para-hydroxylation sites is 1. The molecule has 1 aliphatic rings. The molecule has 118 valence electrons. The van der Waals surface area contributed by atoms with E-state index in [2.05, 4.69) is 10.6 Å². The van der Waals surface area contributed by atoms with Crippen LogP contribution in [0.4, 0.5) is 0 Å². The molecule has 3 rings (SSSR count). The topological polar surface area (TPSA) is 71.3 Å². The molecule has 0 aliphatic carbocycles. The number of halogens is 1. The van der Waals surface area contributed by atoms with E-state index in [-0.39, 0.29) is 23.9 Å². The predicted molar refractivity (Wildman–Crippen MR) is 87.7 cm³/mol. The van der Waals surface area contributed by atoms with Crippen LogP contribution in [0.25, 0.3) is 11.0 Å². The lowest BCUT2D eigenvalue weighted by Crippen LogP contribution is -2.39. The summed E-state index contributed by atoms with van der Waals surface area (Å²) in [7, 11) is 0. The number of benzene rings is 1. The van der Waals surface area contributed by atoms with E-state index in [9.17, 15) is 9.59 Å². The van der Waals surface area contributed by atoms with Crippen LogP contribution in [0.5, 0.6) is 0 Å². The minimum Gasteiger partial charge on any atom is -0.422 e. The fourth-order valence-corrected chi connectivity index (χ4v) is 2.65. The molecular weight excluding hydrogens is 304 g/mol. The highest BCUT2D eigenvalue weighted by Gasteiger charge is 2.17. The highest BCUT2D eigenvalue weighted by atomic mass is 35.5. The van der Waals surface area contributed by atoms with E-state index in [4.69, 9.17) is 4.42 Å². The molecule has 0 saturated carbocycles. The summed E-state index contributed by atoms with van der Waals surface area (Å²) in [4.78, 5) is 24.0. The van der Waals surface area contributed by atoms with Crippen LogP contribution < -0.4 is 16.3 Å². The Balaban J connectivity index is 0.00000176. The van der Waals surface area contributed by atoms with E-state index in [0.29, 0.717) is 18.0 Å². The maximum Gasteiger partial charge on any atom is 0.349 e. The second-order valence-corrected chi connectivity index (χ2v) is 5.41. The van der Waals surface area contributed by atoms with Crippen molar-refractivity contribution in [2.24, 2.45) is 5.92 Å². The fourth-order valence-electron chi connectivity index (χ4n) is 2.65. The van der Waals surface area contributed by atoms with E-state index >= 15 is 0 Å². The minimum atomic E-state index is -0.590. The second kappa shape index (κ2) is 7.42. The van der Waals surface area contributed by atoms with Crippen LogP contribution in [-0.4, -0.2) is 25.5 Å². The smallest absolute Gasteiger partial charge is 0.349 e. The summed E-state index contributed by atoms with van der Waals surface area (Å²) in [6.45, 7) is 2.53. The van der Waals surface area contributed by atoms with Gasteiger partial charge < -0.3 is 15.1 Å². The molecular formula is C16H19ClN2O3. The van der Waals surface area contributed by atoms with Crippen LogP contribution in [-0.2, 0) is 0 Å². The van der Waals surface area contributed by atoms with Gasteiger partial charge in [-0.1, -0.05) is 18.2 Å². The van der Waals surface area contributed by atoms with Gasteiger partial charge in [-0.05, 0) is 44.0 Å². The van der Waals surface area contributed by atoms with Crippen molar-refractivity contribution in [2.75, 3.05) is 19.6 Å². The van der Waals surface area contributed by atoms with Crippen LogP contribution in [0.2, 0.25) is 0 Å². The molecule has 2 aromatic rings. The third-order valence-corrected chi connectivity index (χ3v) is 3.84. The van der Waals surface area contributed by atoms with Crippen LogP contribution in [0.15, 0.2) is 39.5 Å². The standard InChI is InChI=1S/C16H18N2O3.ClH/c19-15(18-10-11-4-3-7-17-9-11)13-8-12-5-1-2-6-14(12)21-16(13)20;/h1-2,5-6,8,11,17H,3-4,7,9-10H2,(H,18,19);1H. The van der Waals surface area contributed by atoms with Gasteiger partial charge >= 0.3 is 5.63 Å². The number of carbonyl (C=O) groups excluding carboxylic acids is 1. The van der Waals surface area contributed by atoms with Gasteiger partial charge in [0.1, 0.15) is 11.1 Å². The van der Waals surface area contributed by atoms with Gasteiger partial charge in [-0.15, -0.1) is 12.4 Å². The molecule has 1 unspecified atom stereocenters. The lowest BCUT2D eigenvalue weighted by atomic mass is 10.00. The zero-order valence-corrected chi connectivity index (χ0v) is 12.9. The first-order chi connectivity index (χ1) is 10.2.